The molecular formula is C14H13F3N2O2. The summed E-state index contributed by atoms with van der Waals surface area (Å²) in [5, 5.41) is 2.38. The van der Waals surface area contributed by atoms with E-state index in [1.54, 1.807) is 0 Å². The molecule has 0 radical (unpaired) electrons. The summed E-state index contributed by atoms with van der Waals surface area (Å²) >= 11 is 0. The van der Waals surface area contributed by atoms with Crippen molar-refractivity contribution in [3.8, 4) is 0 Å². The molecular weight excluding hydrogens is 285 g/mol. The van der Waals surface area contributed by atoms with E-state index in [2.05, 4.69) is 10.3 Å². The highest BCUT2D eigenvalue weighted by Crippen LogP contribution is 2.30. The lowest BCUT2D eigenvalue weighted by molar-refractivity contribution is -0.137. The number of aromatic nitrogens is 1. The Morgan fingerprint density at radius 1 is 1.33 bits per heavy atom. The van der Waals surface area contributed by atoms with Crippen molar-refractivity contribution < 1.29 is 22.4 Å². The van der Waals surface area contributed by atoms with E-state index in [1.165, 1.54) is 12.1 Å². The van der Waals surface area contributed by atoms with E-state index >= 15 is 0 Å². The summed E-state index contributed by atoms with van der Waals surface area (Å²) in [6.07, 6.45) is -3.33. The molecule has 7 heteroatoms. The van der Waals surface area contributed by atoms with Crippen LogP contribution >= 0.6 is 0 Å². The van der Waals surface area contributed by atoms with Crippen molar-refractivity contribution >= 4 is 11.6 Å². The number of amides is 1. The van der Waals surface area contributed by atoms with Gasteiger partial charge in [0, 0.05) is 5.69 Å². The molecule has 1 N–H and O–H groups in total. The van der Waals surface area contributed by atoms with E-state index in [1.807, 2.05) is 13.8 Å². The highest BCUT2D eigenvalue weighted by Gasteiger charge is 2.30. The largest absolute Gasteiger partial charge is 0.438 e. The number of hydrogen-bond donors (Lipinski definition) is 1. The molecule has 0 atom stereocenters. The molecule has 1 heterocycles. The molecule has 0 bridgehead atoms. The lowest BCUT2D eigenvalue weighted by Crippen LogP contribution is -2.14. The minimum absolute atomic E-state index is 0.00223. The van der Waals surface area contributed by atoms with Crippen molar-refractivity contribution in [3.05, 3.63) is 47.7 Å². The fourth-order valence-corrected chi connectivity index (χ4v) is 1.80. The molecule has 0 fully saturated rings. The topological polar surface area (TPSA) is 55.1 Å². The fourth-order valence-electron chi connectivity index (χ4n) is 1.80. The number of nitrogens with zero attached hydrogens (tertiary/aromatic N) is 1. The van der Waals surface area contributed by atoms with Crippen LogP contribution in [0.25, 0.3) is 0 Å². The molecule has 1 amide bonds. The summed E-state index contributed by atoms with van der Waals surface area (Å²) in [5.41, 5.74) is -0.331. The number of rotatable bonds is 3. The van der Waals surface area contributed by atoms with Gasteiger partial charge in [0.1, 0.15) is 0 Å². The SMILES string of the molecule is CC(C)c1ncoc1C(=O)Nc1cccc(C(F)(F)F)c1. The molecule has 21 heavy (non-hydrogen) atoms. The van der Waals surface area contributed by atoms with E-state index in [4.69, 9.17) is 4.42 Å². The zero-order valence-corrected chi connectivity index (χ0v) is 11.4. The highest BCUT2D eigenvalue weighted by atomic mass is 19.4. The van der Waals surface area contributed by atoms with Crippen LogP contribution in [0.5, 0.6) is 0 Å². The molecule has 0 aliphatic carbocycles. The van der Waals surface area contributed by atoms with E-state index in [0.29, 0.717) is 5.69 Å². The Labute approximate surface area is 119 Å². The summed E-state index contributed by atoms with van der Waals surface area (Å²) in [4.78, 5) is 16.0. The fraction of sp³-hybridized carbons (Fsp3) is 0.286. The van der Waals surface area contributed by atoms with Gasteiger partial charge in [-0.15, -0.1) is 0 Å². The average Bonchev–Trinajstić information content (AvgIpc) is 2.87. The zero-order chi connectivity index (χ0) is 15.6. The molecule has 0 saturated carbocycles. The smallest absolute Gasteiger partial charge is 0.416 e. The van der Waals surface area contributed by atoms with Gasteiger partial charge < -0.3 is 9.73 Å². The molecule has 0 spiro atoms. The Bertz CT molecular complexity index is 648. The first-order valence-corrected chi connectivity index (χ1v) is 6.21. The molecule has 0 aliphatic heterocycles. The Kier molecular flexibility index (Phi) is 4.02. The van der Waals surface area contributed by atoms with Crippen LogP contribution in [0, 0.1) is 0 Å². The van der Waals surface area contributed by atoms with Gasteiger partial charge in [-0.2, -0.15) is 13.2 Å². The molecule has 0 aliphatic rings. The van der Waals surface area contributed by atoms with E-state index < -0.39 is 17.6 Å². The van der Waals surface area contributed by atoms with E-state index in [0.717, 1.165) is 18.5 Å². The third kappa shape index (κ3) is 3.42. The van der Waals surface area contributed by atoms with Gasteiger partial charge in [0.15, 0.2) is 6.39 Å². The lowest BCUT2D eigenvalue weighted by atomic mass is 10.1. The van der Waals surface area contributed by atoms with Crippen molar-refractivity contribution in [3.63, 3.8) is 0 Å². The number of carbonyl (C=O) groups excluding carboxylic acids is 1. The van der Waals surface area contributed by atoms with Gasteiger partial charge >= 0.3 is 6.18 Å². The van der Waals surface area contributed by atoms with Crippen LogP contribution in [-0.2, 0) is 6.18 Å². The van der Waals surface area contributed by atoms with Gasteiger partial charge in [0.05, 0.1) is 11.3 Å². The minimum Gasteiger partial charge on any atom is -0.438 e. The maximum atomic E-state index is 12.6. The third-order valence-electron chi connectivity index (χ3n) is 2.80. The normalized spacial score (nSPS) is 11.7. The second-order valence-corrected chi connectivity index (χ2v) is 4.75. The number of nitrogens with one attached hydrogen (secondary N) is 1. The number of oxazole rings is 1. The minimum atomic E-state index is -4.46. The molecule has 0 unspecified atom stereocenters. The summed E-state index contributed by atoms with van der Waals surface area (Å²) in [5.74, 6) is -0.663. The molecule has 1 aromatic carbocycles. The van der Waals surface area contributed by atoms with Gasteiger partial charge in [-0.25, -0.2) is 4.98 Å². The quantitative estimate of drug-likeness (QED) is 0.929. The first-order chi connectivity index (χ1) is 9.79. The maximum Gasteiger partial charge on any atom is 0.416 e. The van der Waals surface area contributed by atoms with E-state index in [9.17, 15) is 18.0 Å². The highest BCUT2D eigenvalue weighted by molar-refractivity contribution is 6.03. The first-order valence-electron chi connectivity index (χ1n) is 6.21. The van der Waals surface area contributed by atoms with Gasteiger partial charge in [-0.3, -0.25) is 4.79 Å². The van der Waals surface area contributed by atoms with Crippen molar-refractivity contribution in [1.29, 1.82) is 0 Å². The van der Waals surface area contributed by atoms with E-state index in [-0.39, 0.29) is 17.4 Å². The number of alkyl halides is 3. The van der Waals surface area contributed by atoms with Crippen LogP contribution in [0.15, 0.2) is 35.1 Å². The third-order valence-corrected chi connectivity index (χ3v) is 2.80. The van der Waals surface area contributed by atoms with Gasteiger partial charge in [-0.1, -0.05) is 19.9 Å². The second-order valence-electron chi connectivity index (χ2n) is 4.75. The number of halogens is 3. The Morgan fingerprint density at radius 3 is 2.67 bits per heavy atom. The number of benzene rings is 1. The molecule has 112 valence electrons. The monoisotopic (exact) mass is 298 g/mol. The molecule has 2 aromatic rings. The summed E-state index contributed by atoms with van der Waals surface area (Å²) < 4.78 is 42.8. The maximum absolute atomic E-state index is 12.6. The predicted octanol–water partition coefficient (Wildman–Crippen LogP) is 4.07. The number of hydrogen-bond acceptors (Lipinski definition) is 3. The van der Waals surface area contributed by atoms with Crippen molar-refractivity contribution in [1.82, 2.24) is 4.98 Å². The van der Waals surface area contributed by atoms with Gasteiger partial charge in [0.25, 0.3) is 5.91 Å². The van der Waals surface area contributed by atoms with Crippen molar-refractivity contribution in [2.45, 2.75) is 25.9 Å². The lowest BCUT2D eigenvalue weighted by Gasteiger charge is -2.09. The van der Waals surface area contributed by atoms with Crippen LogP contribution in [0.1, 0.15) is 41.6 Å². The van der Waals surface area contributed by atoms with Crippen LogP contribution < -0.4 is 5.32 Å². The Morgan fingerprint density at radius 2 is 2.05 bits per heavy atom. The van der Waals surface area contributed by atoms with Gasteiger partial charge in [-0.05, 0) is 24.1 Å². The molecule has 0 saturated heterocycles. The second kappa shape index (κ2) is 5.59. The van der Waals surface area contributed by atoms with Crippen LogP contribution in [0.3, 0.4) is 0 Å². The summed E-state index contributed by atoms with van der Waals surface area (Å²) in [6.45, 7) is 3.66. The summed E-state index contributed by atoms with van der Waals surface area (Å²) in [7, 11) is 0. The van der Waals surface area contributed by atoms with Gasteiger partial charge in [0.2, 0.25) is 5.76 Å². The number of anilines is 1. The standard InChI is InChI=1S/C14H13F3N2O2/c1-8(2)11-12(21-7-18-11)13(20)19-10-5-3-4-9(6-10)14(15,16)17/h3-8H,1-2H3,(H,19,20). The van der Waals surface area contributed by atoms with Crippen LogP contribution in [-0.4, -0.2) is 10.9 Å². The number of carbonyl (C=O) groups is 1. The predicted molar refractivity (Wildman–Crippen MR) is 70.0 cm³/mol. The molecule has 4 nitrogen and oxygen atoms in total. The van der Waals surface area contributed by atoms with Crippen molar-refractivity contribution in [2.75, 3.05) is 5.32 Å². The first kappa shape index (κ1) is 15.1. The van der Waals surface area contributed by atoms with Crippen LogP contribution in [0.4, 0.5) is 18.9 Å². The molecule has 1 aromatic heterocycles. The van der Waals surface area contributed by atoms with Crippen LogP contribution in [0.2, 0.25) is 0 Å². The van der Waals surface area contributed by atoms with Crippen molar-refractivity contribution in [2.24, 2.45) is 0 Å². The average molecular weight is 298 g/mol. The Hall–Kier alpha value is -2.31. The zero-order valence-electron chi connectivity index (χ0n) is 11.4. The summed E-state index contributed by atoms with van der Waals surface area (Å²) in [6, 6.07) is 4.40. The molecule has 2 rings (SSSR count). The Balaban J connectivity index is 2.22.